The summed E-state index contributed by atoms with van der Waals surface area (Å²) >= 11 is 5.94. The van der Waals surface area contributed by atoms with Gasteiger partial charge in [0.25, 0.3) is 0 Å². The van der Waals surface area contributed by atoms with Crippen molar-refractivity contribution in [2.45, 2.75) is 38.6 Å². The predicted molar refractivity (Wildman–Crippen MR) is 89.0 cm³/mol. The molecule has 0 spiro atoms. The number of nitrogens with zero attached hydrogens (tertiary/aromatic N) is 2. The fraction of sp³-hybridized carbons (Fsp3) is 0.438. The van der Waals surface area contributed by atoms with E-state index in [1.807, 2.05) is 19.1 Å². The molecular formula is C16H21ClN4O2. The minimum Gasteiger partial charge on any atom is -0.354 e. The fourth-order valence-electron chi connectivity index (χ4n) is 2.22. The second kappa shape index (κ2) is 7.57. The number of amides is 1. The third-order valence-corrected chi connectivity index (χ3v) is 3.70. The number of nitrogens with two attached hydrogens (primary N) is 1. The maximum Gasteiger partial charge on any atom is 0.239 e. The zero-order valence-corrected chi connectivity index (χ0v) is 14.1. The van der Waals surface area contributed by atoms with Gasteiger partial charge in [0, 0.05) is 23.6 Å². The summed E-state index contributed by atoms with van der Waals surface area (Å²) in [4.78, 5) is 16.3. The molecule has 3 N–H and O–H groups in total. The number of carbonyl (C=O) groups excluding carboxylic acids is 1. The summed E-state index contributed by atoms with van der Waals surface area (Å²) in [5.41, 5.74) is 5.90. The van der Waals surface area contributed by atoms with Crippen molar-refractivity contribution in [2.75, 3.05) is 6.54 Å². The van der Waals surface area contributed by atoms with E-state index in [4.69, 9.17) is 21.9 Å². The maximum absolute atomic E-state index is 12.0. The highest BCUT2D eigenvalue weighted by atomic mass is 35.5. The van der Waals surface area contributed by atoms with Crippen molar-refractivity contribution in [1.82, 2.24) is 15.5 Å². The molecule has 2 aromatic rings. The SMILES string of the molecule is CCCC(C)(N)C(=O)NCCc1nc(-c2cccc(Cl)c2)no1. The van der Waals surface area contributed by atoms with Crippen LogP contribution >= 0.6 is 11.6 Å². The maximum atomic E-state index is 12.0. The Morgan fingerprint density at radius 1 is 1.48 bits per heavy atom. The number of carbonyl (C=O) groups is 1. The molecule has 0 fully saturated rings. The first-order valence-corrected chi connectivity index (χ1v) is 7.96. The minimum atomic E-state index is -0.852. The largest absolute Gasteiger partial charge is 0.354 e. The Labute approximate surface area is 140 Å². The average molecular weight is 337 g/mol. The Kier molecular flexibility index (Phi) is 5.74. The molecule has 124 valence electrons. The van der Waals surface area contributed by atoms with Gasteiger partial charge in [-0.3, -0.25) is 4.79 Å². The normalized spacial score (nSPS) is 13.6. The van der Waals surface area contributed by atoms with Gasteiger partial charge in [-0.15, -0.1) is 0 Å². The highest BCUT2D eigenvalue weighted by Gasteiger charge is 2.26. The van der Waals surface area contributed by atoms with E-state index in [0.717, 1.165) is 12.0 Å². The number of halogens is 1. The van der Waals surface area contributed by atoms with Crippen molar-refractivity contribution < 1.29 is 9.32 Å². The number of nitrogens with one attached hydrogen (secondary N) is 1. The molecule has 0 aliphatic heterocycles. The number of hydrogen-bond donors (Lipinski definition) is 2. The van der Waals surface area contributed by atoms with Crippen molar-refractivity contribution in [3.05, 3.63) is 35.2 Å². The van der Waals surface area contributed by atoms with Crippen LogP contribution in [0.1, 0.15) is 32.6 Å². The van der Waals surface area contributed by atoms with E-state index >= 15 is 0 Å². The zero-order chi connectivity index (χ0) is 16.9. The van der Waals surface area contributed by atoms with Crippen molar-refractivity contribution >= 4 is 17.5 Å². The van der Waals surface area contributed by atoms with Gasteiger partial charge in [0.2, 0.25) is 17.6 Å². The van der Waals surface area contributed by atoms with Crippen LogP contribution < -0.4 is 11.1 Å². The van der Waals surface area contributed by atoms with Crippen molar-refractivity contribution in [3.8, 4) is 11.4 Å². The molecule has 1 unspecified atom stereocenters. The molecule has 23 heavy (non-hydrogen) atoms. The molecule has 7 heteroatoms. The first-order valence-electron chi connectivity index (χ1n) is 7.58. The van der Waals surface area contributed by atoms with Crippen LogP contribution in [0.15, 0.2) is 28.8 Å². The van der Waals surface area contributed by atoms with Crippen LogP contribution in [0, 0.1) is 0 Å². The standard InChI is InChI=1S/C16H21ClN4O2/c1-3-8-16(2,18)15(22)19-9-7-13-20-14(21-23-13)11-5-4-6-12(17)10-11/h4-6,10H,3,7-9,18H2,1-2H3,(H,19,22). The topological polar surface area (TPSA) is 94.0 Å². The smallest absolute Gasteiger partial charge is 0.239 e. The molecular weight excluding hydrogens is 316 g/mol. The van der Waals surface area contributed by atoms with Crippen LogP contribution in [0.3, 0.4) is 0 Å². The van der Waals surface area contributed by atoms with Crippen LogP contribution in [0.4, 0.5) is 0 Å². The van der Waals surface area contributed by atoms with Crippen LogP contribution in [-0.2, 0) is 11.2 Å². The molecule has 0 aliphatic rings. The first-order chi connectivity index (χ1) is 10.9. The zero-order valence-electron chi connectivity index (χ0n) is 13.3. The molecule has 1 atom stereocenters. The van der Waals surface area contributed by atoms with Crippen LogP contribution in [0.5, 0.6) is 0 Å². The van der Waals surface area contributed by atoms with Crippen molar-refractivity contribution in [2.24, 2.45) is 5.73 Å². The molecule has 1 aromatic heterocycles. The van der Waals surface area contributed by atoms with Crippen molar-refractivity contribution in [3.63, 3.8) is 0 Å². The molecule has 0 radical (unpaired) electrons. The fourth-order valence-corrected chi connectivity index (χ4v) is 2.41. The van der Waals surface area contributed by atoms with Gasteiger partial charge < -0.3 is 15.6 Å². The van der Waals surface area contributed by atoms with E-state index in [9.17, 15) is 4.79 Å². The van der Waals surface area contributed by atoms with Gasteiger partial charge in [-0.2, -0.15) is 4.98 Å². The second-order valence-electron chi connectivity index (χ2n) is 5.70. The van der Waals surface area contributed by atoms with Gasteiger partial charge in [0.15, 0.2) is 0 Å². The quantitative estimate of drug-likeness (QED) is 0.810. The van der Waals surface area contributed by atoms with Gasteiger partial charge in [0.1, 0.15) is 0 Å². The van der Waals surface area contributed by atoms with Crippen LogP contribution in [-0.4, -0.2) is 28.1 Å². The number of aromatic nitrogens is 2. The monoisotopic (exact) mass is 336 g/mol. The second-order valence-corrected chi connectivity index (χ2v) is 6.13. The van der Waals surface area contributed by atoms with Gasteiger partial charge in [-0.1, -0.05) is 42.2 Å². The van der Waals surface area contributed by atoms with Gasteiger partial charge >= 0.3 is 0 Å². The number of rotatable bonds is 7. The van der Waals surface area contributed by atoms with E-state index in [0.29, 0.717) is 36.1 Å². The molecule has 6 nitrogen and oxygen atoms in total. The lowest BCUT2D eigenvalue weighted by atomic mass is 9.96. The van der Waals surface area contributed by atoms with E-state index < -0.39 is 5.54 Å². The Morgan fingerprint density at radius 3 is 2.96 bits per heavy atom. The predicted octanol–water partition coefficient (Wildman–Crippen LogP) is 2.57. The van der Waals surface area contributed by atoms with E-state index in [2.05, 4.69) is 15.5 Å². The summed E-state index contributed by atoms with van der Waals surface area (Å²) in [7, 11) is 0. The summed E-state index contributed by atoms with van der Waals surface area (Å²) in [6.45, 7) is 4.12. The molecule has 0 saturated carbocycles. The van der Waals surface area contributed by atoms with E-state index in [1.165, 1.54) is 0 Å². The molecule has 1 amide bonds. The molecule has 0 saturated heterocycles. The van der Waals surface area contributed by atoms with Gasteiger partial charge in [-0.05, 0) is 25.5 Å². The summed E-state index contributed by atoms with van der Waals surface area (Å²) in [6, 6.07) is 7.22. The Hall–Kier alpha value is -1.92. The Morgan fingerprint density at radius 2 is 2.26 bits per heavy atom. The lowest BCUT2D eigenvalue weighted by Gasteiger charge is -2.22. The molecule has 2 rings (SSSR count). The van der Waals surface area contributed by atoms with E-state index in [1.54, 1.807) is 19.1 Å². The number of hydrogen-bond acceptors (Lipinski definition) is 5. The van der Waals surface area contributed by atoms with E-state index in [-0.39, 0.29) is 5.91 Å². The third kappa shape index (κ3) is 4.77. The lowest BCUT2D eigenvalue weighted by Crippen LogP contribution is -2.51. The van der Waals surface area contributed by atoms with Crippen LogP contribution in [0.25, 0.3) is 11.4 Å². The Balaban J connectivity index is 1.89. The lowest BCUT2D eigenvalue weighted by molar-refractivity contribution is -0.126. The highest BCUT2D eigenvalue weighted by Crippen LogP contribution is 2.19. The molecule has 1 aromatic carbocycles. The van der Waals surface area contributed by atoms with Gasteiger partial charge in [0.05, 0.1) is 5.54 Å². The third-order valence-electron chi connectivity index (χ3n) is 3.46. The summed E-state index contributed by atoms with van der Waals surface area (Å²) < 4.78 is 5.19. The minimum absolute atomic E-state index is 0.172. The highest BCUT2D eigenvalue weighted by molar-refractivity contribution is 6.30. The average Bonchev–Trinajstić information content (AvgIpc) is 2.96. The summed E-state index contributed by atoms with van der Waals surface area (Å²) in [5.74, 6) is 0.756. The Bertz CT molecular complexity index is 670. The molecule has 1 heterocycles. The summed E-state index contributed by atoms with van der Waals surface area (Å²) in [5, 5.41) is 7.33. The molecule has 0 bridgehead atoms. The van der Waals surface area contributed by atoms with Gasteiger partial charge in [-0.25, -0.2) is 0 Å². The molecule has 0 aliphatic carbocycles. The summed E-state index contributed by atoms with van der Waals surface area (Å²) in [6.07, 6.45) is 1.94. The van der Waals surface area contributed by atoms with Crippen molar-refractivity contribution in [1.29, 1.82) is 0 Å². The van der Waals surface area contributed by atoms with Crippen LogP contribution in [0.2, 0.25) is 5.02 Å². The first kappa shape index (κ1) is 17.4. The number of benzene rings is 1.